The quantitative estimate of drug-likeness (QED) is 0.901. The third kappa shape index (κ3) is 3.19. The predicted octanol–water partition coefficient (Wildman–Crippen LogP) is 2.90. The molecule has 0 amide bonds. The van der Waals surface area contributed by atoms with Crippen molar-refractivity contribution < 1.29 is 9.90 Å². The number of nitrogens with one attached hydrogen (secondary N) is 1. The van der Waals surface area contributed by atoms with E-state index in [2.05, 4.69) is 26.2 Å². The Balaban J connectivity index is 1.90. The first-order valence-electron chi connectivity index (χ1n) is 5.75. The molecule has 0 bridgehead atoms. The summed E-state index contributed by atoms with van der Waals surface area (Å²) in [5.74, 6) is -0.817. The van der Waals surface area contributed by atoms with Gasteiger partial charge in [-0.3, -0.25) is 9.78 Å². The molecule has 0 unspecified atom stereocenters. The van der Waals surface area contributed by atoms with Crippen LogP contribution < -0.4 is 5.32 Å². The van der Waals surface area contributed by atoms with Crippen LogP contribution in [0.4, 0.5) is 5.69 Å². The third-order valence-corrected chi connectivity index (χ3v) is 3.84. The SMILES string of the molecule is O=C(O)C1CCC(Nc2ccncc2Br)CC1. The van der Waals surface area contributed by atoms with E-state index in [1.54, 1.807) is 12.4 Å². The van der Waals surface area contributed by atoms with Crippen LogP contribution in [0.2, 0.25) is 0 Å². The summed E-state index contributed by atoms with van der Waals surface area (Å²) < 4.78 is 0.945. The monoisotopic (exact) mass is 298 g/mol. The molecule has 17 heavy (non-hydrogen) atoms. The molecule has 1 aliphatic rings. The van der Waals surface area contributed by atoms with Crippen LogP contribution in [0.3, 0.4) is 0 Å². The number of carbonyl (C=O) groups is 1. The highest BCUT2D eigenvalue weighted by atomic mass is 79.9. The molecular formula is C12H15BrN2O2. The first-order chi connectivity index (χ1) is 8.16. The zero-order valence-corrected chi connectivity index (χ0v) is 11.0. The van der Waals surface area contributed by atoms with Gasteiger partial charge in [0.05, 0.1) is 16.1 Å². The number of pyridine rings is 1. The second-order valence-corrected chi connectivity index (χ2v) is 5.24. The lowest BCUT2D eigenvalue weighted by Gasteiger charge is -2.27. The molecule has 1 aliphatic carbocycles. The van der Waals surface area contributed by atoms with E-state index < -0.39 is 5.97 Å². The van der Waals surface area contributed by atoms with Gasteiger partial charge in [-0.15, -0.1) is 0 Å². The highest BCUT2D eigenvalue weighted by molar-refractivity contribution is 9.10. The molecule has 2 rings (SSSR count). The number of rotatable bonds is 3. The molecule has 0 spiro atoms. The Labute approximate surface area is 109 Å². The first-order valence-corrected chi connectivity index (χ1v) is 6.55. The van der Waals surface area contributed by atoms with Gasteiger partial charge in [-0.1, -0.05) is 0 Å². The van der Waals surface area contributed by atoms with Gasteiger partial charge in [-0.2, -0.15) is 0 Å². The largest absolute Gasteiger partial charge is 0.481 e. The minimum absolute atomic E-state index is 0.158. The van der Waals surface area contributed by atoms with Crippen LogP contribution in [0.15, 0.2) is 22.9 Å². The van der Waals surface area contributed by atoms with Crippen LogP contribution in [0.25, 0.3) is 0 Å². The smallest absolute Gasteiger partial charge is 0.306 e. The number of aliphatic carboxylic acids is 1. The molecule has 1 fully saturated rings. The summed E-state index contributed by atoms with van der Waals surface area (Å²) in [4.78, 5) is 14.8. The molecule has 4 nitrogen and oxygen atoms in total. The number of nitrogens with zero attached hydrogens (tertiary/aromatic N) is 1. The Bertz CT molecular complexity index is 403. The summed E-state index contributed by atoms with van der Waals surface area (Å²) in [6.07, 6.45) is 6.84. The van der Waals surface area contributed by atoms with Gasteiger partial charge in [-0.25, -0.2) is 0 Å². The molecule has 5 heteroatoms. The maximum absolute atomic E-state index is 10.8. The summed E-state index contributed by atoms with van der Waals surface area (Å²) in [6, 6.07) is 2.29. The highest BCUT2D eigenvalue weighted by Crippen LogP contribution is 2.28. The van der Waals surface area contributed by atoms with Gasteiger partial charge in [0, 0.05) is 18.4 Å². The average Bonchev–Trinajstić information content (AvgIpc) is 2.33. The molecular weight excluding hydrogens is 284 g/mol. The van der Waals surface area contributed by atoms with E-state index >= 15 is 0 Å². The summed E-state index contributed by atoms with van der Waals surface area (Å²) in [5, 5.41) is 12.4. The topological polar surface area (TPSA) is 62.2 Å². The van der Waals surface area contributed by atoms with E-state index in [-0.39, 0.29) is 5.92 Å². The van der Waals surface area contributed by atoms with E-state index in [0.29, 0.717) is 6.04 Å². The van der Waals surface area contributed by atoms with Crippen LogP contribution in [0.1, 0.15) is 25.7 Å². The minimum atomic E-state index is -0.659. The fourth-order valence-electron chi connectivity index (χ4n) is 2.20. The maximum atomic E-state index is 10.8. The van der Waals surface area contributed by atoms with Gasteiger partial charge in [0.1, 0.15) is 0 Å². The Kier molecular flexibility index (Phi) is 3.99. The lowest BCUT2D eigenvalue weighted by atomic mass is 9.86. The molecule has 1 aromatic heterocycles. The Hall–Kier alpha value is -1.10. The number of anilines is 1. The molecule has 1 heterocycles. The van der Waals surface area contributed by atoms with Crippen LogP contribution in [0.5, 0.6) is 0 Å². The second-order valence-electron chi connectivity index (χ2n) is 4.39. The summed E-state index contributed by atoms with van der Waals surface area (Å²) >= 11 is 3.44. The van der Waals surface area contributed by atoms with Crippen molar-refractivity contribution in [3.8, 4) is 0 Å². The fraction of sp³-hybridized carbons (Fsp3) is 0.500. The van der Waals surface area contributed by atoms with Crippen molar-refractivity contribution in [3.05, 3.63) is 22.9 Å². The number of carboxylic acids is 1. The third-order valence-electron chi connectivity index (χ3n) is 3.21. The number of hydrogen-bond donors (Lipinski definition) is 2. The number of aromatic nitrogens is 1. The Morgan fingerprint density at radius 1 is 1.41 bits per heavy atom. The molecule has 0 radical (unpaired) electrons. The number of hydrogen-bond acceptors (Lipinski definition) is 3. The van der Waals surface area contributed by atoms with Crippen molar-refractivity contribution in [2.24, 2.45) is 5.92 Å². The first kappa shape index (κ1) is 12.4. The van der Waals surface area contributed by atoms with E-state index in [9.17, 15) is 4.79 Å². The van der Waals surface area contributed by atoms with Crippen LogP contribution in [-0.2, 0) is 4.79 Å². The summed E-state index contributed by atoms with van der Waals surface area (Å²) in [6.45, 7) is 0. The van der Waals surface area contributed by atoms with Gasteiger partial charge in [0.2, 0.25) is 0 Å². The van der Waals surface area contributed by atoms with Crippen LogP contribution in [-0.4, -0.2) is 22.1 Å². The molecule has 0 saturated heterocycles. The highest BCUT2D eigenvalue weighted by Gasteiger charge is 2.25. The molecule has 0 atom stereocenters. The fourth-order valence-corrected chi connectivity index (χ4v) is 2.56. The average molecular weight is 299 g/mol. The number of halogens is 1. The van der Waals surface area contributed by atoms with Crippen molar-refractivity contribution in [1.82, 2.24) is 4.98 Å². The van der Waals surface area contributed by atoms with Gasteiger partial charge in [0.25, 0.3) is 0 Å². The normalized spacial score (nSPS) is 24.3. The van der Waals surface area contributed by atoms with Crippen molar-refractivity contribution in [2.45, 2.75) is 31.7 Å². The summed E-state index contributed by atoms with van der Waals surface area (Å²) in [7, 11) is 0. The van der Waals surface area contributed by atoms with Gasteiger partial charge >= 0.3 is 5.97 Å². The molecule has 0 aromatic carbocycles. The standard InChI is InChI=1S/C12H15BrN2O2/c13-10-7-14-6-5-11(10)15-9-3-1-8(2-4-9)12(16)17/h5-9H,1-4H2,(H,14,15)(H,16,17). The van der Waals surface area contributed by atoms with Crippen molar-refractivity contribution >= 4 is 27.6 Å². The lowest BCUT2D eigenvalue weighted by Crippen LogP contribution is -2.29. The zero-order chi connectivity index (χ0) is 12.3. The van der Waals surface area contributed by atoms with Gasteiger partial charge in [-0.05, 0) is 47.7 Å². The van der Waals surface area contributed by atoms with E-state index in [4.69, 9.17) is 5.11 Å². The van der Waals surface area contributed by atoms with Gasteiger partial charge < -0.3 is 10.4 Å². The Morgan fingerprint density at radius 2 is 2.12 bits per heavy atom. The van der Waals surface area contributed by atoms with Gasteiger partial charge in [0.15, 0.2) is 0 Å². The maximum Gasteiger partial charge on any atom is 0.306 e. The zero-order valence-electron chi connectivity index (χ0n) is 9.40. The van der Waals surface area contributed by atoms with E-state index in [0.717, 1.165) is 35.8 Å². The molecule has 2 N–H and O–H groups in total. The summed E-state index contributed by atoms with van der Waals surface area (Å²) in [5.41, 5.74) is 1.03. The number of carboxylic acid groups (broad SMARTS) is 1. The molecule has 1 saturated carbocycles. The second kappa shape index (κ2) is 5.49. The molecule has 92 valence electrons. The van der Waals surface area contributed by atoms with E-state index in [1.807, 2.05) is 6.07 Å². The van der Waals surface area contributed by atoms with Crippen molar-refractivity contribution in [2.75, 3.05) is 5.32 Å². The van der Waals surface area contributed by atoms with Crippen LogP contribution in [0, 0.1) is 5.92 Å². The van der Waals surface area contributed by atoms with Crippen molar-refractivity contribution in [1.29, 1.82) is 0 Å². The molecule has 1 aromatic rings. The predicted molar refractivity (Wildman–Crippen MR) is 68.9 cm³/mol. The molecule has 0 aliphatic heterocycles. The Morgan fingerprint density at radius 3 is 2.71 bits per heavy atom. The van der Waals surface area contributed by atoms with Crippen LogP contribution >= 0.6 is 15.9 Å². The van der Waals surface area contributed by atoms with Crippen molar-refractivity contribution in [3.63, 3.8) is 0 Å². The minimum Gasteiger partial charge on any atom is -0.481 e. The lowest BCUT2D eigenvalue weighted by molar-refractivity contribution is -0.142. The van der Waals surface area contributed by atoms with E-state index in [1.165, 1.54) is 0 Å².